The number of nitrogens with zero attached hydrogens (tertiary/aromatic N) is 2. The van der Waals surface area contributed by atoms with Gasteiger partial charge in [-0.1, -0.05) is 6.92 Å². The fourth-order valence-electron chi connectivity index (χ4n) is 2.29. The average Bonchev–Trinajstić information content (AvgIpc) is 2.37. The third kappa shape index (κ3) is 6.95. The Morgan fingerprint density at radius 3 is 2.74 bits per heavy atom. The number of hydrogen-bond donors (Lipinski definition) is 1. The van der Waals surface area contributed by atoms with Crippen molar-refractivity contribution in [3.05, 3.63) is 10.1 Å². The Morgan fingerprint density at radius 2 is 2.16 bits per heavy atom. The van der Waals surface area contributed by atoms with Crippen molar-refractivity contribution < 1.29 is 14.7 Å². The maximum absolute atomic E-state index is 11.6. The quantitative estimate of drug-likeness (QED) is 0.404. The van der Waals surface area contributed by atoms with E-state index in [0.717, 1.165) is 38.9 Å². The van der Waals surface area contributed by atoms with E-state index in [0.29, 0.717) is 6.42 Å². The van der Waals surface area contributed by atoms with Crippen molar-refractivity contribution in [1.82, 2.24) is 10.2 Å². The molecule has 7 heteroatoms. The van der Waals surface area contributed by atoms with E-state index >= 15 is 0 Å². The molecule has 1 aliphatic rings. The minimum Gasteiger partial charge on any atom is -0.353 e. The lowest BCUT2D eigenvalue weighted by Crippen LogP contribution is -2.44. The van der Waals surface area contributed by atoms with E-state index in [1.165, 1.54) is 0 Å². The molecule has 0 radical (unpaired) electrons. The van der Waals surface area contributed by atoms with Crippen molar-refractivity contribution in [1.29, 1.82) is 0 Å². The number of nitrogens with one attached hydrogen (secondary N) is 1. The molecule has 110 valence electrons. The van der Waals surface area contributed by atoms with Gasteiger partial charge in [-0.3, -0.25) is 4.79 Å². The van der Waals surface area contributed by atoms with Crippen LogP contribution in [0.1, 0.15) is 39.0 Å². The molecule has 7 nitrogen and oxygen atoms in total. The monoisotopic (exact) mass is 273 g/mol. The molecule has 1 rings (SSSR count). The van der Waals surface area contributed by atoms with E-state index in [1.54, 1.807) is 0 Å². The molecule has 0 saturated carbocycles. The van der Waals surface area contributed by atoms with Crippen molar-refractivity contribution in [2.75, 3.05) is 26.2 Å². The number of hydrogen-bond acceptors (Lipinski definition) is 5. The molecule has 0 bridgehead atoms. The molecule has 1 heterocycles. The molecule has 19 heavy (non-hydrogen) atoms. The molecule has 0 atom stereocenters. The van der Waals surface area contributed by atoms with Gasteiger partial charge in [0.15, 0.2) is 0 Å². The van der Waals surface area contributed by atoms with Crippen LogP contribution in [0.4, 0.5) is 0 Å². The summed E-state index contributed by atoms with van der Waals surface area (Å²) in [6, 6.07) is 0.247. The Morgan fingerprint density at radius 1 is 1.47 bits per heavy atom. The number of carbonyl (C=O) groups excluding carboxylic acids is 1. The molecular formula is C12H23N3O4. The maximum atomic E-state index is 11.6. The van der Waals surface area contributed by atoms with Crippen LogP contribution in [0, 0.1) is 10.1 Å². The minimum absolute atomic E-state index is 0.0185. The smallest absolute Gasteiger partial charge is 0.294 e. The molecule has 0 aromatic heterocycles. The van der Waals surface area contributed by atoms with Gasteiger partial charge < -0.3 is 15.1 Å². The SMILES string of the molecule is CCCN1CCC(NC(=O)CCCO[N+](=O)[O-])CC1. The molecule has 0 spiro atoms. The predicted molar refractivity (Wildman–Crippen MR) is 70.1 cm³/mol. The Hall–Kier alpha value is -1.37. The zero-order chi connectivity index (χ0) is 14.1. The van der Waals surface area contributed by atoms with Gasteiger partial charge >= 0.3 is 0 Å². The molecule has 1 fully saturated rings. The van der Waals surface area contributed by atoms with Gasteiger partial charge in [0.1, 0.15) is 0 Å². The molecular weight excluding hydrogens is 250 g/mol. The number of piperidine rings is 1. The van der Waals surface area contributed by atoms with Gasteiger partial charge in [0.05, 0.1) is 6.61 Å². The van der Waals surface area contributed by atoms with E-state index in [4.69, 9.17) is 0 Å². The maximum Gasteiger partial charge on any atom is 0.294 e. The van der Waals surface area contributed by atoms with Crippen molar-refractivity contribution in [3.8, 4) is 0 Å². The molecule has 0 aromatic rings. The summed E-state index contributed by atoms with van der Waals surface area (Å²) in [4.78, 5) is 28.1. The molecule has 0 unspecified atom stereocenters. The number of carbonyl (C=O) groups is 1. The fourth-order valence-corrected chi connectivity index (χ4v) is 2.29. The third-order valence-electron chi connectivity index (χ3n) is 3.24. The summed E-state index contributed by atoms with van der Waals surface area (Å²) in [6.07, 6.45) is 3.78. The minimum atomic E-state index is -0.832. The summed E-state index contributed by atoms with van der Waals surface area (Å²) in [5.41, 5.74) is 0. The van der Waals surface area contributed by atoms with Crippen molar-refractivity contribution in [2.24, 2.45) is 0 Å². The van der Waals surface area contributed by atoms with Crippen molar-refractivity contribution in [2.45, 2.75) is 45.1 Å². The van der Waals surface area contributed by atoms with E-state index in [9.17, 15) is 14.9 Å². The van der Waals surface area contributed by atoms with Gasteiger partial charge in [-0.2, -0.15) is 0 Å². The zero-order valence-corrected chi connectivity index (χ0v) is 11.5. The van der Waals surface area contributed by atoms with Crippen molar-refractivity contribution in [3.63, 3.8) is 0 Å². The molecule has 1 saturated heterocycles. The van der Waals surface area contributed by atoms with Crippen LogP contribution in [0.3, 0.4) is 0 Å². The Kier molecular flexibility index (Phi) is 7.17. The van der Waals surface area contributed by atoms with Crippen LogP contribution >= 0.6 is 0 Å². The largest absolute Gasteiger partial charge is 0.353 e. The zero-order valence-electron chi connectivity index (χ0n) is 11.5. The Balaban J connectivity index is 2.08. The number of likely N-dealkylation sites (tertiary alicyclic amines) is 1. The first-order valence-corrected chi connectivity index (χ1v) is 6.91. The second kappa shape index (κ2) is 8.68. The van der Waals surface area contributed by atoms with Gasteiger partial charge in [0.25, 0.3) is 5.09 Å². The summed E-state index contributed by atoms with van der Waals surface area (Å²) < 4.78 is 0. The highest BCUT2D eigenvalue weighted by molar-refractivity contribution is 5.76. The van der Waals surface area contributed by atoms with Crippen molar-refractivity contribution >= 4 is 5.91 Å². The van der Waals surface area contributed by atoms with Crippen LogP contribution in [0.2, 0.25) is 0 Å². The summed E-state index contributed by atoms with van der Waals surface area (Å²) in [5.74, 6) is -0.0408. The third-order valence-corrected chi connectivity index (χ3v) is 3.24. The first-order valence-electron chi connectivity index (χ1n) is 6.91. The lowest BCUT2D eigenvalue weighted by Gasteiger charge is -2.32. The lowest BCUT2D eigenvalue weighted by molar-refractivity contribution is -0.757. The van der Waals surface area contributed by atoms with Crippen LogP contribution in [0.5, 0.6) is 0 Å². The standard InChI is InChI=1S/C12H23N3O4/c1-2-7-14-8-5-11(6-9-14)13-12(16)4-3-10-19-15(17)18/h11H,2-10H2,1H3,(H,13,16). The van der Waals surface area contributed by atoms with E-state index in [1.807, 2.05) is 0 Å². The normalized spacial score (nSPS) is 17.1. The Bertz CT molecular complexity index is 291. The highest BCUT2D eigenvalue weighted by Gasteiger charge is 2.19. The van der Waals surface area contributed by atoms with Crippen LogP contribution in [-0.4, -0.2) is 48.2 Å². The number of rotatable bonds is 8. The fraction of sp³-hybridized carbons (Fsp3) is 0.917. The first kappa shape index (κ1) is 15.7. The predicted octanol–water partition coefficient (Wildman–Crippen LogP) is 0.966. The topological polar surface area (TPSA) is 84.7 Å². The van der Waals surface area contributed by atoms with Crippen LogP contribution in [-0.2, 0) is 9.63 Å². The number of amides is 1. The Labute approximate surface area is 113 Å². The van der Waals surface area contributed by atoms with Gasteiger partial charge in [-0.05, 0) is 32.2 Å². The van der Waals surface area contributed by atoms with E-state index in [2.05, 4.69) is 22.0 Å². The molecule has 1 amide bonds. The lowest BCUT2D eigenvalue weighted by atomic mass is 10.0. The summed E-state index contributed by atoms with van der Waals surface area (Å²) >= 11 is 0. The molecule has 1 N–H and O–H groups in total. The first-order chi connectivity index (χ1) is 9.11. The highest BCUT2D eigenvalue weighted by Crippen LogP contribution is 2.10. The van der Waals surface area contributed by atoms with Gasteiger partial charge in [0.2, 0.25) is 5.91 Å². The second-order valence-corrected chi connectivity index (χ2v) is 4.84. The molecule has 1 aliphatic heterocycles. The van der Waals surface area contributed by atoms with Gasteiger partial charge in [0, 0.05) is 25.6 Å². The van der Waals surface area contributed by atoms with E-state index < -0.39 is 5.09 Å². The van der Waals surface area contributed by atoms with Crippen LogP contribution < -0.4 is 5.32 Å². The summed E-state index contributed by atoms with van der Waals surface area (Å²) in [5, 5.41) is 12.1. The van der Waals surface area contributed by atoms with Gasteiger partial charge in [-0.25, -0.2) is 0 Å². The average molecular weight is 273 g/mol. The summed E-state index contributed by atoms with van der Waals surface area (Å²) in [7, 11) is 0. The molecule has 0 aromatic carbocycles. The highest BCUT2D eigenvalue weighted by atomic mass is 16.9. The van der Waals surface area contributed by atoms with Crippen LogP contribution in [0.25, 0.3) is 0 Å². The summed E-state index contributed by atoms with van der Waals surface area (Å²) in [6.45, 7) is 5.33. The second-order valence-electron chi connectivity index (χ2n) is 4.84. The van der Waals surface area contributed by atoms with E-state index in [-0.39, 0.29) is 25.0 Å². The van der Waals surface area contributed by atoms with Gasteiger partial charge in [-0.15, -0.1) is 10.1 Å². The molecule has 0 aliphatic carbocycles. The van der Waals surface area contributed by atoms with Crippen LogP contribution in [0.15, 0.2) is 0 Å².